The molecule has 37 heavy (non-hydrogen) atoms. The number of nitrogens with zero attached hydrogens (tertiary/aromatic N) is 5. The summed E-state index contributed by atoms with van der Waals surface area (Å²) in [6.07, 6.45) is 0.756. The second-order valence-electron chi connectivity index (χ2n) is 8.87. The number of phenolic OH excluding ortho intramolecular Hbond substituents is 1. The van der Waals surface area contributed by atoms with Crippen LogP contribution < -0.4 is 9.80 Å². The minimum atomic E-state index is -1.10. The molecule has 0 amide bonds. The third-order valence-corrected chi connectivity index (χ3v) is 6.15. The van der Waals surface area contributed by atoms with Crippen LogP contribution in [-0.2, 0) is 13.0 Å². The number of carbonyl (C=O) groups is 1. The Hall–Kier alpha value is -4.86. The Bertz CT molecular complexity index is 1540. The molecule has 0 aliphatic heterocycles. The van der Waals surface area contributed by atoms with Gasteiger partial charge in [0.25, 0.3) is 11.8 Å². The summed E-state index contributed by atoms with van der Waals surface area (Å²) in [6.45, 7) is 0.998. The SMILES string of the molecule is CN(C)c1noc(-c2cccc(CN(CCc3ccccc3)c3ccc4[nH]nc(C(=O)O)c4c3)c2O)n1. The van der Waals surface area contributed by atoms with Gasteiger partial charge in [-0.25, -0.2) is 4.79 Å². The molecule has 2 heterocycles. The van der Waals surface area contributed by atoms with E-state index < -0.39 is 5.97 Å². The number of rotatable bonds is 9. The molecule has 0 atom stereocenters. The van der Waals surface area contributed by atoms with Gasteiger partial charge in [0.05, 0.1) is 11.1 Å². The predicted octanol–water partition coefficient (Wildman–Crippen LogP) is 4.33. The third kappa shape index (κ3) is 4.94. The number of carboxylic acids is 1. The Balaban J connectivity index is 1.50. The Kier molecular flexibility index (Phi) is 6.46. The molecule has 0 spiro atoms. The number of hydrogen-bond acceptors (Lipinski definition) is 8. The fourth-order valence-electron chi connectivity index (χ4n) is 4.17. The first-order valence-electron chi connectivity index (χ1n) is 11.7. The third-order valence-electron chi connectivity index (χ3n) is 6.15. The number of hydrogen-bond donors (Lipinski definition) is 3. The number of anilines is 2. The van der Waals surface area contributed by atoms with E-state index in [1.807, 2.05) is 62.6 Å². The van der Waals surface area contributed by atoms with Crippen molar-refractivity contribution in [3.8, 4) is 17.2 Å². The van der Waals surface area contributed by atoms with Crippen molar-refractivity contribution in [3.63, 3.8) is 0 Å². The molecular formula is C27H26N6O4. The van der Waals surface area contributed by atoms with Gasteiger partial charge in [-0.2, -0.15) is 10.1 Å². The van der Waals surface area contributed by atoms with Gasteiger partial charge in [0.15, 0.2) is 5.69 Å². The standard InChI is InChI=1S/C27H26N6O4/c1-32(2)27-28-25(37-31-27)20-10-6-9-18(24(20)34)16-33(14-13-17-7-4-3-5-8-17)19-11-12-22-21(15-19)23(26(35)36)30-29-22/h3-12,15,34H,13-14,16H2,1-2H3,(H,29,30)(H,35,36). The van der Waals surface area contributed by atoms with Gasteiger partial charge in [-0.05, 0) is 41.4 Å². The van der Waals surface area contributed by atoms with Crippen LogP contribution in [0.1, 0.15) is 21.6 Å². The molecule has 3 N–H and O–H groups in total. The maximum Gasteiger partial charge on any atom is 0.357 e. The van der Waals surface area contributed by atoms with Crippen molar-refractivity contribution in [1.29, 1.82) is 0 Å². The van der Waals surface area contributed by atoms with Gasteiger partial charge in [-0.15, -0.1) is 0 Å². The van der Waals surface area contributed by atoms with Gasteiger partial charge in [-0.1, -0.05) is 42.5 Å². The zero-order valence-electron chi connectivity index (χ0n) is 20.4. The first-order chi connectivity index (χ1) is 17.9. The van der Waals surface area contributed by atoms with Crippen molar-refractivity contribution in [2.75, 3.05) is 30.4 Å². The Labute approximate surface area is 212 Å². The van der Waals surface area contributed by atoms with Crippen LogP contribution in [0.3, 0.4) is 0 Å². The smallest absolute Gasteiger partial charge is 0.357 e. The van der Waals surface area contributed by atoms with Gasteiger partial charge in [0.1, 0.15) is 5.75 Å². The molecule has 0 bridgehead atoms. The molecule has 0 fully saturated rings. The van der Waals surface area contributed by atoms with Crippen LogP contribution in [0, 0.1) is 0 Å². The topological polar surface area (TPSA) is 132 Å². The minimum Gasteiger partial charge on any atom is -0.507 e. The summed E-state index contributed by atoms with van der Waals surface area (Å²) in [4.78, 5) is 19.8. The minimum absolute atomic E-state index is 0.0298. The highest BCUT2D eigenvalue weighted by Gasteiger charge is 2.20. The number of para-hydroxylation sites is 1. The Morgan fingerprint density at radius 2 is 1.86 bits per heavy atom. The number of nitrogens with one attached hydrogen (secondary N) is 1. The maximum absolute atomic E-state index is 11.7. The van der Waals surface area contributed by atoms with E-state index in [1.54, 1.807) is 11.0 Å². The van der Waals surface area contributed by atoms with E-state index in [2.05, 4.69) is 37.4 Å². The zero-order chi connectivity index (χ0) is 25.9. The summed E-state index contributed by atoms with van der Waals surface area (Å²) < 4.78 is 5.38. The fourth-order valence-corrected chi connectivity index (χ4v) is 4.17. The van der Waals surface area contributed by atoms with E-state index in [-0.39, 0.29) is 17.3 Å². The first-order valence-corrected chi connectivity index (χ1v) is 11.7. The number of phenols is 1. The number of aromatic amines is 1. The fraction of sp³-hybridized carbons (Fsp3) is 0.185. The van der Waals surface area contributed by atoms with E-state index in [4.69, 9.17) is 4.52 Å². The van der Waals surface area contributed by atoms with E-state index in [0.717, 1.165) is 12.1 Å². The molecule has 5 aromatic rings. The highest BCUT2D eigenvalue weighted by atomic mass is 16.5. The van der Waals surface area contributed by atoms with Crippen LogP contribution in [-0.4, -0.2) is 57.2 Å². The van der Waals surface area contributed by atoms with Gasteiger partial charge >= 0.3 is 5.97 Å². The number of aromatic hydroxyl groups is 1. The van der Waals surface area contributed by atoms with Crippen LogP contribution >= 0.6 is 0 Å². The van der Waals surface area contributed by atoms with Crippen molar-refractivity contribution < 1.29 is 19.5 Å². The van der Waals surface area contributed by atoms with Gasteiger partial charge < -0.3 is 24.5 Å². The lowest BCUT2D eigenvalue weighted by Crippen LogP contribution is -2.25. The molecule has 188 valence electrons. The van der Waals surface area contributed by atoms with Crippen molar-refractivity contribution in [1.82, 2.24) is 20.3 Å². The highest BCUT2D eigenvalue weighted by molar-refractivity contribution is 6.02. The lowest BCUT2D eigenvalue weighted by molar-refractivity contribution is 0.0692. The zero-order valence-corrected chi connectivity index (χ0v) is 20.4. The van der Waals surface area contributed by atoms with E-state index in [1.165, 1.54) is 5.56 Å². The second-order valence-corrected chi connectivity index (χ2v) is 8.87. The van der Waals surface area contributed by atoms with Crippen LogP contribution in [0.15, 0.2) is 71.3 Å². The molecule has 0 aliphatic rings. The van der Waals surface area contributed by atoms with E-state index >= 15 is 0 Å². The summed E-state index contributed by atoms with van der Waals surface area (Å²) >= 11 is 0. The van der Waals surface area contributed by atoms with Crippen molar-refractivity contribution >= 4 is 28.5 Å². The largest absolute Gasteiger partial charge is 0.507 e. The molecule has 0 aliphatic carbocycles. The number of fused-ring (bicyclic) bond motifs is 1. The number of benzene rings is 3. The molecule has 0 radical (unpaired) electrons. The quantitative estimate of drug-likeness (QED) is 0.272. The summed E-state index contributed by atoms with van der Waals surface area (Å²) in [5.74, 6) is -0.408. The average molecular weight is 499 g/mol. The molecule has 3 aromatic carbocycles. The second kappa shape index (κ2) is 10.0. The summed E-state index contributed by atoms with van der Waals surface area (Å²) in [5, 5.41) is 31.9. The van der Waals surface area contributed by atoms with Crippen molar-refractivity contribution in [2.45, 2.75) is 13.0 Å². The van der Waals surface area contributed by atoms with E-state index in [0.29, 0.717) is 41.1 Å². The van der Waals surface area contributed by atoms with Gasteiger partial charge in [0.2, 0.25) is 0 Å². The Morgan fingerprint density at radius 3 is 2.59 bits per heavy atom. The first kappa shape index (κ1) is 23.9. The molecule has 0 saturated carbocycles. The molecule has 10 nitrogen and oxygen atoms in total. The van der Waals surface area contributed by atoms with Gasteiger partial charge in [0, 0.05) is 43.8 Å². The van der Waals surface area contributed by atoms with Crippen molar-refractivity contribution in [3.05, 3.63) is 83.6 Å². The summed E-state index contributed by atoms with van der Waals surface area (Å²) in [6, 6.07) is 21.1. The average Bonchev–Trinajstić information content (AvgIpc) is 3.55. The summed E-state index contributed by atoms with van der Waals surface area (Å²) in [7, 11) is 3.62. The number of carboxylic acid groups (broad SMARTS) is 1. The normalized spacial score (nSPS) is 11.1. The van der Waals surface area contributed by atoms with Crippen LogP contribution in [0.4, 0.5) is 11.6 Å². The lowest BCUT2D eigenvalue weighted by atomic mass is 10.1. The van der Waals surface area contributed by atoms with E-state index in [9.17, 15) is 15.0 Å². The lowest BCUT2D eigenvalue weighted by Gasteiger charge is -2.26. The maximum atomic E-state index is 11.7. The highest BCUT2D eigenvalue weighted by Crippen LogP contribution is 2.34. The predicted molar refractivity (Wildman–Crippen MR) is 140 cm³/mol. The molecule has 0 unspecified atom stereocenters. The van der Waals surface area contributed by atoms with Crippen LogP contribution in [0.25, 0.3) is 22.4 Å². The molecule has 0 saturated heterocycles. The Morgan fingerprint density at radius 1 is 1.05 bits per heavy atom. The van der Waals surface area contributed by atoms with Crippen LogP contribution in [0.2, 0.25) is 0 Å². The molecule has 2 aromatic heterocycles. The molecular weight excluding hydrogens is 472 g/mol. The summed E-state index contributed by atoms with van der Waals surface area (Å²) in [5.41, 5.74) is 3.70. The van der Waals surface area contributed by atoms with Crippen LogP contribution in [0.5, 0.6) is 5.75 Å². The number of aromatic nitrogens is 4. The van der Waals surface area contributed by atoms with Crippen molar-refractivity contribution in [2.24, 2.45) is 0 Å². The number of aromatic carboxylic acids is 1. The molecule has 5 rings (SSSR count). The molecule has 10 heteroatoms. The monoisotopic (exact) mass is 498 g/mol. The van der Waals surface area contributed by atoms with Gasteiger partial charge in [-0.3, -0.25) is 5.10 Å². The number of H-pyrrole nitrogens is 1.